The number of anilines is 1. The van der Waals surface area contributed by atoms with Crippen molar-refractivity contribution in [1.29, 1.82) is 0 Å². The van der Waals surface area contributed by atoms with Gasteiger partial charge in [-0.2, -0.15) is 0 Å². The molecule has 2 aromatic carbocycles. The van der Waals surface area contributed by atoms with E-state index in [2.05, 4.69) is 58.5 Å². The summed E-state index contributed by atoms with van der Waals surface area (Å²) in [6, 6.07) is 18.5. The standard InChI is InChI=1S/C24H27N3O2S/c1-18-7-9-20(10-8-18)22-17-30-24(25-22)26-23(28)15-27-13-11-21(12-14-27)29-16-19-5-3-2-4-6-19/h2-10,17,21H,11-16H2,1H3,(H,25,26,28). The lowest BCUT2D eigenvalue weighted by Crippen LogP contribution is -2.41. The number of likely N-dealkylation sites (tertiary alicyclic amines) is 1. The number of hydrogen-bond donors (Lipinski definition) is 1. The summed E-state index contributed by atoms with van der Waals surface area (Å²) in [5, 5.41) is 5.58. The van der Waals surface area contributed by atoms with Gasteiger partial charge in [0.25, 0.3) is 0 Å². The SMILES string of the molecule is Cc1ccc(-c2csc(NC(=O)CN3CCC(OCc4ccccc4)CC3)n2)cc1. The molecule has 0 saturated carbocycles. The number of hydrogen-bond acceptors (Lipinski definition) is 5. The quantitative estimate of drug-likeness (QED) is 0.599. The predicted octanol–water partition coefficient (Wildman–Crippen LogP) is 4.74. The summed E-state index contributed by atoms with van der Waals surface area (Å²) in [5.41, 5.74) is 4.38. The van der Waals surface area contributed by atoms with Crippen LogP contribution in [0.5, 0.6) is 0 Å². The minimum atomic E-state index is -0.0107. The molecular weight excluding hydrogens is 394 g/mol. The molecule has 1 aliphatic heterocycles. The Balaban J connectivity index is 1.20. The highest BCUT2D eigenvalue weighted by atomic mass is 32.1. The fourth-order valence-electron chi connectivity index (χ4n) is 3.57. The second kappa shape index (κ2) is 9.98. The molecule has 4 rings (SSSR count). The van der Waals surface area contributed by atoms with Gasteiger partial charge in [0.1, 0.15) is 0 Å². The van der Waals surface area contributed by atoms with Crippen LogP contribution in [0.2, 0.25) is 0 Å². The van der Waals surface area contributed by atoms with Gasteiger partial charge in [0.15, 0.2) is 5.13 Å². The lowest BCUT2D eigenvalue weighted by molar-refractivity contribution is -0.118. The molecule has 1 N–H and O–H groups in total. The van der Waals surface area contributed by atoms with Crippen molar-refractivity contribution in [3.05, 3.63) is 71.1 Å². The molecule has 1 aromatic heterocycles. The van der Waals surface area contributed by atoms with Gasteiger partial charge in [-0.05, 0) is 25.3 Å². The van der Waals surface area contributed by atoms with Crippen molar-refractivity contribution in [2.45, 2.75) is 32.5 Å². The Hall–Kier alpha value is -2.54. The van der Waals surface area contributed by atoms with E-state index in [-0.39, 0.29) is 12.0 Å². The summed E-state index contributed by atoms with van der Waals surface area (Å²) in [7, 11) is 0. The second-order valence-corrected chi connectivity index (χ2v) is 8.58. The van der Waals surface area contributed by atoms with Crippen LogP contribution in [0.15, 0.2) is 60.0 Å². The van der Waals surface area contributed by atoms with Gasteiger partial charge < -0.3 is 10.1 Å². The van der Waals surface area contributed by atoms with Crippen molar-refractivity contribution in [2.75, 3.05) is 25.0 Å². The average Bonchev–Trinajstić information content (AvgIpc) is 3.23. The fraction of sp³-hybridized carbons (Fsp3) is 0.333. The number of aryl methyl sites for hydroxylation is 1. The number of amides is 1. The first-order chi connectivity index (χ1) is 14.7. The largest absolute Gasteiger partial charge is 0.373 e. The molecule has 2 heterocycles. The van der Waals surface area contributed by atoms with Gasteiger partial charge in [-0.15, -0.1) is 11.3 Å². The zero-order valence-electron chi connectivity index (χ0n) is 17.2. The Morgan fingerprint density at radius 3 is 2.60 bits per heavy atom. The first kappa shape index (κ1) is 20.7. The Morgan fingerprint density at radius 2 is 1.87 bits per heavy atom. The maximum atomic E-state index is 12.4. The van der Waals surface area contributed by atoms with Crippen LogP contribution < -0.4 is 5.32 Å². The number of ether oxygens (including phenoxy) is 1. The van der Waals surface area contributed by atoms with Gasteiger partial charge >= 0.3 is 0 Å². The number of piperidine rings is 1. The van der Waals surface area contributed by atoms with Crippen LogP contribution >= 0.6 is 11.3 Å². The molecule has 0 atom stereocenters. The van der Waals surface area contributed by atoms with Gasteiger partial charge in [-0.1, -0.05) is 60.2 Å². The molecule has 1 amide bonds. The van der Waals surface area contributed by atoms with Gasteiger partial charge in [0.05, 0.1) is 24.9 Å². The van der Waals surface area contributed by atoms with E-state index >= 15 is 0 Å². The van der Waals surface area contributed by atoms with Crippen LogP contribution in [0, 0.1) is 6.92 Å². The van der Waals surface area contributed by atoms with Crippen LogP contribution in [0.4, 0.5) is 5.13 Å². The number of nitrogens with zero attached hydrogens (tertiary/aromatic N) is 2. The number of thiazole rings is 1. The molecule has 6 heteroatoms. The second-order valence-electron chi connectivity index (χ2n) is 7.72. The van der Waals surface area contributed by atoms with E-state index in [0.717, 1.165) is 37.2 Å². The Morgan fingerprint density at radius 1 is 1.13 bits per heavy atom. The molecule has 3 aromatic rings. The van der Waals surface area contributed by atoms with Crippen LogP contribution in [0.25, 0.3) is 11.3 Å². The van der Waals surface area contributed by atoms with E-state index in [1.165, 1.54) is 22.5 Å². The maximum absolute atomic E-state index is 12.4. The number of nitrogens with one attached hydrogen (secondary N) is 1. The van der Waals surface area contributed by atoms with Gasteiger partial charge in [-0.25, -0.2) is 4.98 Å². The average molecular weight is 422 g/mol. The molecule has 1 saturated heterocycles. The number of aromatic nitrogens is 1. The topological polar surface area (TPSA) is 54.5 Å². The summed E-state index contributed by atoms with van der Waals surface area (Å²) < 4.78 is 6.03. The van der Waals surface area contributed by atoms with Crippen molar-refractivity contribution in [1.82, 2.24) is 9.88 Å². The smallest absolute Gasteiger partial charge is 0.240 e. The van der Waals surface area contributed by atoms with E-state index in [0.29, 0.717) is 18.3 Å². The van der Waals surface area contributed by atoms with E-state index in [9.17, 15) is 4.79 Å². The summed E-state index contributed by atoms with van der Waals surface area (Å²) in [4.78, 5) is 19.2. The highest BCUT2D eigenvalue weighted by molar-refractivity contribution is 7.14. The first-order valence-corrected chi connectivity index (χ1v) is 11.2. The number of carbonyl (C=O) groups is 1. The van der Waals surface area contributed by atoms with Gasteiger partial charge in [0.2, 0.25) is 5.91 Å². The van der Waals surface area contributed by atoms with Gasteiger partial charge in [-0.3, -0.25) is 9.69 Å². The van der Waals surface area contributed by atoms with Crippen LogP contribution in [0.1, 0.15) is 24.0 Å². The highest BCUT2D eigenvalue weighted by Gasteiger charge is 2.21. The van der Waals surface area contributed by atoms with Crippen molar-refractivity contribution in [3.63, 3.8) is 0 Å². The third kappa shape index (κ3) is 5.75. The number of benzene rings is 2. The first-order valence-electron chi connectivity index (χ1n) is 10.4. The number of rotatable bonds is 7. The summed E-state index contributed by atoms with van der Waals surface area (Å²) in [5.74, 6) is -0.0107. The highest BCUT2D eigenvalue weighted by Crippen LogP contribution is 2.25. The Kier molecular flexibility index (Phi) is 6.89. The lowest BCUT2D eigenvalue weighted by Gasteiger charge is -2.31. The summed E-state index contributed by atoms with van der Waals surface area (Å²) in [6.45, 7) is 4.86. The lowest BCUT2D eigenvalue weighted by atomic mass is 10.1. The molecule has 0 bridgehead atoms. The van der Waals surface area contributed by atoms with E-state index < -0.39 is 0 Å². The molecule has 0 radical (unpaired) electrons. The summed E-state index contributed by atoms with van der Waals surface area (Å²) in [6.07, 6.45) is 2.17. The fourth-order valence-corrected chi connectivity index (χ4v) is 4.31. The van der Waals surface area contributed by atoms with Crippen LogP contribution in [-0.4, -0.2) is 41.5 Å². The molecule has 156 valence electrons. The molecule has 0 aliphatic carbocycles. The van der Waals surface area contributed by atoms with Crippen molar-refractivity contribution < 1.29 is 9.53 Å². The summed E-state index contributed by atoms with van der Waals surface area (Å²) >= 11 is 1.46. The molecule has 0 unspecified atom stereocenters. The van der Waals surface area contributed by atoms with E-state index in [1.807, 2.05) is 23.6 Å². The van der Waals surface area contributed by atoms with Crippen LogP contribution in [-0.2, 0) is 16.1 Å². The zero-order chi connectivity index (χ0) is 20.8. The normalized spacial score (nSPS) is 15.2. The van der Waals surface area contributed by atoms with Crippen molar-refractivity contribution >= 4 is 22.4 Å². The third-order valence-corrected chi connectivity index (χ3v) is 6.09. The molecule has 5 nitrogen and oxygen atoms in total. The zero-order valence-corrected chi connectivity index (χ0v) is 18.0. The minimum absolute atomic E-state index is 0.0107. The minimum Gasteiger partial charge on any atom is -0.373 e. The third-order valence-electron chi connectivity index (χ3n) is 5.33. The van der Waals surface area contributed by atoms with Crippen molar-refractivity contribution in [3.8, 4) is 11.3 Å². The number of carbonyl (C=O) groups excluding carboxylic acids is 1. The van der Waals surface area contributed by atoms with E-state index in [1.54, 1.807) is 0 Å². The predicted molar refractivity (Wildman–Crippen MR) is 122 cm³/mol. The molecular formula is C24H27N3O2S. The Bertz CT molecular complexity index is 948. The van der Waals surface area contributed by atoms with E-state index in [4.69, 9.17) is 4.74 Å². The van der Waals surface area contributed by atoms with Gasteiger partial charge in [0, 0.05) is 24.0 Å². The van der Waals surface area contributed by atoms with Crippen molar-refractivity contribution in [2.24, 2.45) is 0 Å². The molecule has 30 heavy (non-hydrogen) atoms. The monoisotopic (exact) mass is 421 g/mol. The Labute approximate surface area is 181 Å². The maximum Gasteiger partial charge on any atom is 0.240 e. The molecule has 1 aliphatic rings. The molecule has 1 fully saturated rings. The molecule has 0 spiro atoms. The van der Waals surface area contributed by atoms with Crippen LogP contribution in [0.3, 0.4) is 0 Å².